The summed E-state index contributed by atoms with van der Waals surface area (Å²) in [6.45, 7) is 0.627. The highest BCUT2D eigenvalue weighted by Crippen LogP contribution is 2.34. The molecule has 1 aliphatic rings. The predicted molar refractivity (Wildman–Crippen MR) is 64.8 cm³/mol. The molecule has 94 valence electrons. The molecule has 0 aromatic heterocycles. The zero-order chi connectivity index (χ0) is 13.1. The van der Waals surface area contributed by atoms with Crippen LogP contribution < -0.4 is 9.47 Å². The molecule has 2 rings (SSSR count). The normalized spacial score (nSPS) is 13.8. The zero-order valence-electron chi connectivity index (χ0n) is 10.4. The molecular formula is C13H14N2O3. The Morgan fingerprint density at radius 1 is 1.33 bits per heavy atom. The third kappa shape index (κ3) is 1.86. The van der Waals surface area contributed by atoms with Gasteiger partial charge in [0.15, 0.2) is 0 Å². The molecule has 0 saturated carbocycles. The average molecular weight is 246 g/mol. The molecule has 0 fully saturated rings. The van der Waals surface area contributed by atoms with Gasteiger partial charge in [-0.2, -0.15) is 5.26 Å². The number of carbonyl (C=O) groups excluding carboxylic acids is 1. The van der Waals surface area contributed by atoms with Gasteiger partial charge in [0.2, 0.25) is 0 Å². The van der Waals surface area contributed by atoms with Crippen molar-refractivity contribution in [3.05, 3.63) is 23.3 Å². The Hall–Kier alpha value is -2.22. The van der Waals surface area contributed by atoms with Gasteiger partial charge in [0.1, 0.15) is 18.0 Å². The van der Waals surface area contributed by atoms with Crippen molar-refractivity contribution < 1.29 is 14.3 Å². The van der Waals surface area contributed by atoms with E-state index >= 15 is 0 Å². The van der Waals surface area contributed by atoms with Gasteiger partial charge in [-0.25, -0.2) is 0 Å². The number of carbonyl (C=O) groups is 1. The van der Waals surface area contributed by atoms with Crippen molar-refractivity contribution in [2.45, 2.75) is 6.42 Å². The number of amides is 1. The first kappa shape index (κ1) is 12.2. The fourth-order valence-corrected chi connectivity index (χ4v) is 2.19. The topological polar surface area (TPSA) is 62.6 Å². The first-order valence-electron chi connectivity index (χ1n) is 5.63. The smallest absolute Gasteiger partial charge is 0.258 e. The van der Waals surface area contributed by atoms with Gasteiger partial charge in [0, 0.05) is 12.1 Å². The Labute approximate surface area is 106 Å². The SMILES string of the molecule is COc1ccc(OC)c2c1CCN(CC#N)C2=O. The summed E-state index contributed by atoms with van der Waals surface area (Å²) >= 11 is 0. The van der Waals surface area contributed by atoms with E-state index in [-0.39, 0.29) is 12.5 Å². The Balaban J connectivity index is 2.52. The maximum Gasteiger partial charge on any atom is 0.258 e. The molecule has 0 unspecified atom stereocenters. The third-order valence-corrected chi connectivity index (χ3v) is 3.07. The predicted octanol–water partition coefficient (Wildman–Crippen LogP) is 1.23. The molecule has 5 heteroatoms. The number of hydrogen-bond acceptors (Lipinski definition) is 4. The lowest BCUT2D eigenvalue weighted by Gasteiger charge is -2.28. The number of methoxy groups -OCH3 is 2. The number of ether oxygens (including phenoxy) is 2. The fourth-order valence-electron chi connectivity index (χ4n) is 2.19. The lowest BCUT2D eigenvalue weighted by Crippen LogP contribution is -2.38. The third-order valence-electron chi connectivity index (χ3n) is 3.07. The maximum atomic E-state index is 12.3. The van der Waals surface area contributed by atoms with Gasteiger partial charge in [0.25, 0.3) is 5.91 Å². The lowest BCUT2D eigenvalue weighted by molar-refractivity contribution is 0.0756. The van der Waals surface area contributed by atoms with Gasteiger partial charge in [-0.15, -0.1) is 0 Å². The van der Waals surface area contributed by atoms with E-state index in [1.165, 1.54) is 12.0 Å². The molecule has 0 spiro atoms. The second kappa shape index (κ2) is 4.96. The summed E-state index contributed by atoms with van der Waals surface area (Å²) < 4.78 is 10.5. The molecule has 0 aliphatic carbocycles. The monoisotopic (exact) mass is 246 g/mol. The van der Waals surface area contributed by atoms with E-state index in [0.717, 1.165) is 5.56 Å². The molecule has 1 aliphatic heterocycles. The van der Waals surface area contributed by atoms with Gasteiger partial charge in [-0.1, -0.05) is 0 Å². The first-order valence-corrected chi connectivity index (χ1v) is 5.63. The van der Waals surface area contributed by atoms with Crippen LogP contribution >= 0.6 is 0 Å². The standard InChI is InChI=1S/C13H14N2O3/c1-17-10-3-4-11(18-2)12-9(10)5-7-15(8-6-14)13(12)16/h3-4H,5,7-8H2,1-2H3. The minimum absolute atomic E-state index is 0.0959. The second-order valence-corrected chi connectivity index (χ2v) is 3.96. The highest BCUT2D eigenvalue weighted by Gasteiger charge is 2.29. The van der Waals surface area contributed by atoms with E-state index in [2.05, 4.69) is 0 Å². The number of nitriles is 1. The summed E-state index contributed by atoms with van der Waals surface area (Å²) in [6, 6.07) is 5.51. The van der Waals surface area contributed by atoms with Crippen molar-refractivity contribution in [2.75, 3.05) is 27.3 Å². The molecule has 5 nitrogen and oxygen atoms in total. The molecule has 1 amide bonds. The van der Waals surface area contributed by atoms with Crippen molar-refractivity contribution in [2.24, 2.45) is 0 Å². The average Bonchev–Trinajstić information content (AvgIpc) is 2.40. The van der Waals surface area contributed by atoms with E-state index in [0.29, 0.717) is 30.0 Å². The van der Waals surface area contributed by atoms with Crippen molar-refractivity contribution in [3.63, 3.8) is 0 Å². The summed E-state index contributed by atoms with van der Waals surface area (Å²) in [7, 11) is 3.10. The summed E-state index contributed by atoms with van der Waals surface area (Å²) in [5.74, 6) is 1.04. The van der Waals surface area contributed by atoms with Crippen LogP contribution in [-0.2, 0) is 6.42 Å². The largest absolute Gasteiger partial charge is 0.496 e. The van der Waals surface area contributed by atoms with Gasteiger partial charge >= 0.3 is 0 Å². The molecule has 18 heavy (non-hydrogen) atoms. The number of rotatable bonds is 3. The molecule has 1 aromatic carbocycles. The van der Waals surface area contributed by atoms with Crippen molar-refractivity contribution in [1.29, 1.82) is 5.26 Å². The quantitative estimate of drug-likeness (QED) is 0.752. The van der Waals surface area contributed by atoms with E-state index in [9.17, 15) is 4.79 Å². The van der Waals surface area contributed by atoms with Gasteiger partial charge in [-0.05, 0) is 18.6 Å². The Morgan fingerprint density at radius 2 is 2.00 bits per heavy atom. The van der Waals surface area contributed by atoms with Crippen LogP contribution in [0.4, 0.5) is 0 Å². The molecule has 0 atom stereocenters. The summed E-state index contributed by atoms with van der Waals surface area (Å²) in [6.07, 6.45) is 0.670. The minimum Gasteiger partial charge on any atom is -0.496 e. The molecule has 1 aromatic rings. The van der Waals surface area contributed by atoms with Crippen LogP contribution in [0.2, 0.25) is 0 Å². The van der Waals surface area contributed by atoms with Gasteiger partial charge in [0.05, 0.1) is 25.9 Å². The number of nitrogens with zero attached hydrogens (tertiary/aromatic N) is 2. The number of hydrogen-bond donors (Lipinski definition) is 0. The van der Waals surface area contributed by atoms with Crippen LogP contribution in [0.25, 0.3) is 0 Å². The Kier molecular flexibility index (Phi) is 3.38. The first-order chi connectivity index (χ1) is 8.72. The van der Waals surface area contributed by atoms with Crippen LogP contribution in [0.5, 0.6) is 11.5 Å². The maximum absolute atomic E-state index is 12.3. The van der Waals surface area contributed by atoms with Gasteiger partial charge in [-0.3, -0.25) is 4.79 Å². The Bertz CT molecular complexity index is 520. The fraction of sp³-hybridized carbons (Fsp3) is 0.385. The molecule has 0 N–H and O–H groups in total. The lowest BCUT2D eigenvalue weighted by atomic mass is 9.97. The highest BCUT2D eigenvalue weighted by molar-refractivity contribution is 6.00. The highest BCUT2D eigenvalue weighted by atomic mass is 16.5. The van der Waals surface area contributed by atoms with Crippen LogP contribution in [-0.4, -0.2) is 38.1 Å². The van der Waals surface area contributed by atoms with Crippen molar-refractivity contribution in [1.82, 2.24) is 4.90 Å². The molecule has 0 radical (unpaired) electrons. The van der Waals surface area contributed by atoms with Crippen LogP contribution in [0.1, 0.15) is 15.9 Å². The minimum atomic E-state index is -0.173. The van der Waals surface area contributed by atoms with E-state index in [1.54, 1.807) is 19.2 Å². The second-order valence-electron chi connectivity index (χ2n) is 3.96. The summed E-state index contributed by atoms with van der Waals surface area (Å²) in [5, 5.41) is 8.71. The molecule has 1 heterocycles. The molecule has 0 bridgehead atoms. The summed E-state index contributed by atoms with van der Waals surface area (Å²) in [5.41, 5.74) is 1.37. The number of fused-ring (bicyclic) bond motifs is 1. The van der Waals surface area contributed by atoms with Crippen molar-refractivity contribution >= 4 is 5.91 Å². The van der Waals surface area contributed by atoms with Crippen LogP contribution in [0, 0.1) is 11.3 Å². The van der Waals surface area contributed by atoms with Crippen molar-refractivity contribution in [3.8, 4) is 17.6 Å². The van der Waals surface area contributed by atoms with E-state index < -0.39 is 0 Å². The van der Waals surface area contributed by atoms with Gasteiger partial charge < -0.3 is 14.4 Å². The number of benzene rings is 1. The molecule has 0 saturated heterocycles. The summed E-state index contributed by atoms with van der Waals surface area (Å²) in [4.78, 5) is 13.8. The van der Waals surface area contributed by atoms with E-state index in [1.807, 2.05) is 6.07 Å². The molecular weight excluding hydrogens is 232 g/mol. The van der Waals surface area contributed by atoms with E-state index in [4.69, 9.17) is 14.7 Å². The van der Waals surface area contributed by atoms with Crippen LogP contribution in [0.3, 0.4) is 0 Å². The Morgan fingerprint density at radius 3 is 2.61 bits per heavy atom. The van der Waals surface area contributed by atoms with Crippen LogP contribution in [0.15, 0.2) is 12.1 Å². The zero-order valence-corrected chi connectivity index (χ0v) is 10.4.